The van der Waals surface area contributed by atoms with E-state index in [9.17, 15) is 10.1 Å². The normalized spacial score (nSPS) is 11.3. The molecular formula is C24H20Cl2N2O2. The number of aryl methyl sites for hydroxylation is 1. The summed E-state index contributed by atoms with van der Waals surface area (Å²) in [6.45, 7) is 6.05. The minimum atomic E-state index is -0.353. The van der Waals surface area contributed by atoms with E-state index < -0.39 is 0 Å². The number of hydrogen-bond donors (Lipinski definition) is 0. The van der Waals surface area contributed by atoms with Crippen LogP contribution in [0.15, 0.2) is 48.5 Å². The smallest absolute Gasteiger partial charge is 0.338 e. The maximum absolute atomic E-state index is 12.1. The van der Waals surface area contributed by atoms with Gasteiger partial charge in [0.15, 0.2) is 0 Å². The zero-order chi connectivity index (χ0) is 21.8. The summed E-state index contributed by atoms with van der Waals surface area (Å²) >= 11 is 12.1. The second kappa shape index (κ2) is 9.21. The van der Waals surface area contributed by atoms with Crippen LogP contribution in [0.3, 0.4) is 0 Å². The Hall–Kier alpha value is -3.00. The van der Waals surface area contributed by atoms with E-state index in [4.69, 9.17) is 27.9 Å². The second-order valence-corrected chi connectivity index (χ2v) is 7.55. The molecule has 0 fully saturated rings. The minimum Gasteiger partial charge on any atom is -0.462 e. The highest BCUT2D eigenvalue weighted by Crippen LogP contribution is 2.29. The van der Waals surface area contributed by atoms with Gasteiger partial charge in [0.2, 0.25) is 0 Å². The lowest BCUT2D eigenvalue weighted by Crippen LogP contribution is -2.06. The fourth-order valence-electron chi connectivity index (χ4n) is 3.32. The molecule has 0 saturated carbocycles. The van der Waals surface area contributed by atoms with Crippen molar-refractivity contribution in [3.63, 3.8) is 0 Å². The van der Waals surface area contributed by atoms with E-state index in [2.05, 4.69) is 6.07 Å². The molecule has 0 atom stereocenters. The van der Waals surface area contributed by atoms with Crippen molar-refractivity contribution >= 4 is 40.8 Å². The Morgan fingerprint density at radius 1 is 1.10 bits per heavy atom. The van der Waals surface area contributed by atoms with Crippen molar-refractivity contribution in [2.45, 2.75) is 20.8 Å². The summed E-state index contributed by atoms with van der Waals surface area (Å²) in [6.07, 6.45) is 1.83. The summed E-state index contributed by atoms with van der Waals surface area (Å²) in [4.78, 5) is 12.1. The quantitative estimate of drug-likeness (QED) is 0.331. The molecule has 1 heterocycles. The van der Waals surface area contributed by atoms with Crippen molar-refractivity contribution in [3.05, 3.63) is 86.7 Å². The number of hydrogen-bond acceptors (Lipinski definition) is 3. The van der Waals surface area contributed by atoms with E-state index in [1.807, 2.05) is 42.7 Å². The molecule has 0 unspecified atom stereocenters. The molecule has 0 amide bonds. The second-order valence-electron chi connectivity index (χ2n) is 6.73. The van der Waals surface area contributed by atoms with E-state index in [0.717, 1.165) is 22.6 Å². The summed E-state index contributed by atoms with van der Waals surface area (Å²) in [5.74, 6) is -0.353. The number of aromatic nitrogens is 1. The van der Waals surface area contributed by atoms with Crippen molar-refractivity contribution in [1.29, 1.82) is 5.26 Å². The maximum atomic E-state index is 12.1. The van der Waals surface area contributed by atoms with Crippen molar-refractivity contribution in [2.24, 2.45) is 0 Å². The lowest BCUT2D eigenvalue weighted by atomic mass is 10.0. The first-order chi connectivity index (χ1) is 14.3. The molecule has 0 radical (unpaired) electrons. The predicted octanol–water partition coefficient (Wildman–Crippen LogP) is 6.64. The standard InChI is InChI=1S/C24H20Cl2N2O2/c1-4-30-24(29)18-6-5-7-21(12-18)28-15(2)10-19(16(28)3)11-20(14-27)17-8-9-22(25)23(26)13-17/h5-13H,4H2,1-3H3/b20-11-. The summed E-state index contributed by atoms with van der Waals surface area (Å²) in [6, 6.07) is 16.7. The fraction of sp³-hybridized carbons (Fsp3) is 0.167. The third-order valence-electron chi connectivity index (χ3n) is 4.74. The van der Waals surface area contributed by atoms with E-state index in [0.29, 0.717) is 33.4 Å². The monoisotopic (exact) mass is 438 g/mol. The van der Waals surface area contributed by atoms with Gasteiger partial charge in [0, 0.05) is 17.1 Å². The highest BCUT2D eigenvalue weighted by molar-refractivity contribution is 6.42. The van der Waals surface area contributed by atoms with Gasteiger partial charge < -0.3 is 9.30 Å². The number of carbonyl (C=O) groups is 1. The van der Waals surface area contributed by atoms with E-state index >= 15 is 0 Å². The first kappa shape index (κ1) is 21.7. The molecule has 0 bridgehead atoms. The number of carbonyl (C=O) groups excluding carboxylic acids is 1. The van der Waals surface area contributed by atoms with Gasteiger partial charge in [0.05, 0.1) is 33.9 Å². The zero-order valence-corrected chi connectivity index (χ0v) is 18.4. The largest absolute Gasteiger partial charge is 0.462 e. The van der Waals surface area contributed by atoms with Gasteiger partial charge in [-0.15, -0.1) is 0 Å². The van der Waals surface area contributed by atoms with Gasteiger partial charge >= 0.3 is 5.97 Å². The molecule has 3 aromatic rings. The number of nitriles is 1. The fourth-order valence-corrected chi connectivity index (χ4v) is 3.61. The third kappa shape index (κ3) is 4.43. The Kier molecular flexibility index (Phi) is 6.66. The van der Waals surface area contributed by atoms with E-state index in [1.54, 1.807) is 37.3 Å². The average Bonchev–Trinajstić information content (AvgIpc) is 3.01. The molecule has 30 heavy (non-hydrogen) atoms. The number of allylic oxidation sites excluding steroid dienone is 1. The molecule has 4 nitrogen and oxygen atoms in total. The molecule has 152 valence electrons. The van der Waals surface area contributed by atoms with Gasteiger partial charge in [-0.25, -0.2) is 4.79 Å². The molecule has 3 rings (SSSR count). The molecule has 2 aromatic carbocycles. The summed E-state index contributed by atoms with van der Waals surface area (Å²) in [7, 11) is 0. The van der Waals surface area contributed by atoms with Crippen molar-refractivity contribution in [1.82, 2.24) is 4.57 Å². The van der Waals surface area contributed by atoms with E-state index in [1.165, 1.54) is 0 Å². The zero-order valence-electron chi connectivity index (χ0n) is 16.9. The molecule has 0 aliphatic carbocycles. The summed E-state index contributed by atoms with van der Waals surface area (Å²) in [5, 5.41) is 10.5. The Balaban J connectivity index is 2.05. The topological polar surface area (TPSA) is 55.0 Å². The van der Waals surface area contributed by atoms with Gasteiger partial charge in [-0.05, 0) is 74.4 Å². The van der Waals surface area contributed by atoms with Gasteiger partial charge in [0.25, 0.3) is 0 Å². The van der Waals surface area contributed by atoms with E-state index in [-0.39, 0.29) is 5.97 Å². The van der Waals surface area contributed by atoms with Crippen molar-refractivity contribution < 1.29 is 9.53 Å². The van der Waals surface area contributed by atoms with Crippen LogP contribution in [0, 0.1) is 25.2 Å². The first-order valence-electron chi connectivity index (χ1n) is 9.39. The minimum absolute atomic E-state index is 0.325. The highest BCUT2D eigenvalue weighted by atomic mass is 35.5. The molecule has 1 aromatic heterocycles. The number of esters is 1. The lowest BCUT2D eigenvalue weighted by Gasteiger charge is -2.11. The van der Waals surface area contributed by atoms with Crippen molar-refractivity contribution in [2.75, 3.05) is 6.61 Å². The van der Waals surface area contributed by atoms with Crippen LogP contribution in [-0.4, -0.2) is 17.1 Å². The summed E-state index contributed by atoms with van der Waals surface area (Å²) in [5.41, 5.74) is 5.34. The van der Waals surface area contributed by atoms with Gasteiger partial charge in [0.1, 0.15) is 0 Å². The molecule has 6 heteroatoms. The Morgan fingerprint density at radius 3 is 2.53 bits per heavy atom. The molecular weight excluding hydrogens is 419 g/mol. The molecule has 0 saturated heterocycles. The molecule has 0 spiro atoms. The number of rotatable bonds is 5. The Bertz CT molecular complexity index is 1190. The van der Waals surface area contributed by atoms with Crippen LogP contribution in [0.1, 0.15) is 39.8 Å². The Morgan fingerprint density at radius 2 is 1.87 bits per heavy atom. The van der Waals surface area contributed by atoms with Gasteiger partial charge in [-0.3, -0.25) is 0 Å². The van der Waals surface area contributed by atoms with Gasteiger partial charge in [-0.2, -0.15) is 5.26 Å². The lowest BCUT2D eigenvalue weighted by molar-refractivity contribution is 0.0526. The maximum Gasteiger partial charge on any atom is 0.338 e. The van der Waals surface area contributed by atoms with Gasteiger partial charge in [-0.1, -0.05) is 35.3 Å². The molecule has 0 aliphatic rings. The van der Waals surface area contributed by atoms with Crippen LogP contribution in [0.2, 0.25) is 10.0 Å². The highest BCUT2D eigenvalue weighted by Gasteiger charge is 2.14. The van der Waals surface area contributed by atoms with Crippen LogP contribution in [-0.2, 0) is 4.74 Å². The predicted molar refractivity (Wildman–Crippen MR) is 121 cm³/mol. The van der Waals surface area contributed by atoms with Crippen molar-refractivity contribution in [3.8, 4) is 11.8 Å². The SMILES string of the molecule is CCOC(=O)c1cccc(-n2c(C)cc(/C=C(/C#N)c3ccc(Cl)c(Cl)c3)c2C)c1. The van der Waals surface area contributed by atoms with Crippen LogP contribution in [0.25, 0.3) is 17.3 Å². The third-order valence-corrected chi connectivity index (χ3v) is 5.48. The summed E-state index contributed by atoms with van der Waals surface area (Å²) < 4.78 is 7.14. The number of ether oxygens (including phenoxy) is 1. The number of nitrogens with zero attached hydrogens (tertiary/aromatic N) is 2. The van der Waals surface area contributed by atoms with Crippen LogP contribution in [0.4, 0.5) is 0 Å². The first-order valence-corrected chi connectivity index (χ1v) is 10.1. The Labute approximate surface area is 185 Å². The van der Waals surface area contributed by atoms with Crippen LogP contribution >= 0.6 is 23.2 Å². The van der Waals surface area contributed by atoms with Crippen LogP contribution in [0.5, 0.6) is 0 Å². The number of halogens is 2. The molecule has 0 N–H and O–H groups in total. The average molecular weight is 439 g/mol. The van der Waals surface area contributed by atoms with Crippen LogP contribution < -0.4 is 0 Å². The number of benzene rings is 2. The molecule has 0 aliphatic heterocycles.